The topological polar surface area (TPSA) is 43.7 Å². The van der Waals surface area contributed by atoms with Gasteiger partial charge in [-0.3, -0.25) is 0 Å². The molecule has 1 aromatic rings. The molecule has 0 saturated carbocycles. The van der Waals surface area contributed by atoms with Crippen LogP contribution in [0.25, 0.3) is 0 Å². The molecule has 2 N–H and O–H groups in total. The Labute approximate surface area is 97.9 Å². The van der Waals surface area contributed by atoms with Gasteiger partial charge in [0.25, 0.3) is 0 Å². The quantitative estimate of drug-likeness (QED) is 0.745. The summed E-state index contributed by atoms with van der Waals surface area (Å²) >= 11 is 0. The summed E-state index contributed by atoms with van der Waals surface area (Å²) in [6.07, 6.45) is 0. The third-order valence-corrected chi connectivity index (χ3v) is 2.61. The lowest BCUT2D eigenvalue weighted by atomic mass is 9.78. The van der Waals surface area contributed by atoms with Gasteiger partial charge in [0.05, 0.1) is 0 Å². The predicted molar refractivity (Wildman–Crippen MR) is 69.0 cm³/mol. The van der Waals surface area contributed by atoms with Gasteiger partial charge in [-0.2, -0.15) is 0 Å². The molecule has 0 heterocycles. The zero-order valence-electron chi connectivity index (χ0n) is 10.4. The van der Waals surface area contributed by atoms with Crippen LogP contribution in [-0.4, -0.2) is 29.3 Å². The summed E-state index contributed by atoms with van der Waals surface area (Å²) in [5.74, 6) is 0. The van der Waals surface area contributed by atoms with Crippen molar-refractivity contribution in [2.24, 2.45) is 0 Å². The van der Waals surface area contributed by atoms with E-state index in [1.54, 1.807) is 6.07 Å². The Morgan fingerprint density at radius 3 is 1.94 bits per heavy atom. The van der Waals surface area contributed by atoms with Crippen molar-refractivity contribution in [1.29, 1.82) is 0 Å². The van der Waals surface area contributed by atoms with Gasteiger partial charge in [-0.15, -0.1) is 0 Å². The largest absolute Gasteiger partial charge is 0.490 e. The number of nitrogens with zero attached hydrogens (tertiary/aromatic N) is 1. The lowest BCUT2D eigenvalue weighted by molar-refractivity contribution is 0.425. The molecule has 3 nitrogen and oxygen atoms in total. The molecule has 0 saturated heterocycles. The average molecular weight is 221 g/mol. The smallest absolute Gasteiger partial charge is 0.423 e. The molecule has 16 heavy (non-hydrogen) atoms. The van der Waals surface area contributed by atoms with Crippen molar-refractivity contribution < 1.29 is 10.0 Å². The lowest BCUT2D eigenvalue weighted by Gasteiger charge is -2.34. The molecular formula is C12H20BNO2. The summed E-state index contributed by atoms with van der Waals surface area (Å²) in [6, 6.07) is 8.04. The van der Waals surface area contributed by atoms with E-state index in [0.717, 1.165) is 5.69 Å². The molecule has 0 atom stereocenters. The van der Waals surface area contributed by atoms with Crippen molar-refractivity contribution in [3.05, 3.63) is 24.3 Å². The molecular weight excluding hydrogens is 201 g/mol. The standard InChI is InChI=1S/C12H20BNO2/c1-9(2)14(10(3)4)12-8-6-5-7-11(12)13(15)16/h5-10,15-16H,1-4H3. The van der Waals surface area contributed by atoms with Crippen LogP contribution in [0.2, 0.25) is 0 Å². The van der Waals surface area contributed by atoms with Crippen LogP contribution in [0.5, 0.6) is 0 Å². The number of benzene rings is 1. The molecule has 0 aliphatic rings. The Kier molecular flexibility index (Phi) is 4.39. The second-order valence-corrected chi connectivity index (χ2v) is 4.53. The van der Waals surface area contributed by atoms with Crippen molar-refractivity contribution in [3.63, 3.8) is 0 Å². The van der Waals surface area contributed by atoms with Crippen LogP contribution >= 0.6 is 0 Å². The number of hydrogen-bond acceptors (Lipinski definition) is 3. The molecule has 0 amide bonds. The Balaban J connectivity index is 3.18. The molecule has 0 aliphatic carbocycles. The molecule has 0 aliphatic heterocycles. The second kappa shape index (κ2) is 5.37. The Bertz CT molecular complexity index is 332. The molecule has 1 aromatic carbocycles. The van der Waals surface area contributed by atoms with Crippen LogP contribution < -0.4 is 10.4 Å². The van der Waals surface area contributed by atoms with Crippen LogP contribution in [0.1, 0.15) is 27.7 Å². The molecule has 0 unspecified atom stereocenters. The highest BCUT2D eigenvalue weighted by Crippen LogP contribution is 2.18. The summed E-state index contributed by atoms with van der Waals surface area (Å²) in [5.41, 5.74) is 1.45. The summed E-state index contributed by atoms with van der Waals surface area (Å²) in [5, 5.41) is 18.7. The van der Waals surface area contributed by atoms with Gasteiger partial charge in [-0.05, 0) is 33.8 Å². The van der Waals surface area contributed by atoms with Crippen LogP contribution in [0.4, 0.5) is 5.69 Å². The maximum atomic E-state index is 9.35. The van der Waals surface area contributed by atoms with Crippen molar-refractivity contribution >= 4 is 18.3 Å². The third kappa shape index (κ3) is 2.77. The molecule has 4 heteroatoms. The number of hydrogen-bond donors (Lipinski definition) is 2. The third-order valence-electron chi connectivity index (χ3n) is 2.61. The van der Waals surface area contributed by atoms with Gasteiger partial charge in [-0.25, -0.2) is 0 Å². The van der Waals surface area contributed by atoms with Gasteiger partial charge in [0.15, 0.2) is 0 Å². The first-order chi connectivity index (χ1) is 7.45. The van der Waals surface area contributed by atoms with E-state index < -0.39 is 7.12 Å². The molecule has 0 radical (unpaired) electrons. The monoisotopic (exact) mass is 221 g/mol. The van der Waals surface area contributed by atoms with Crippen LogP contribution in [0.3, 0.4) is 0 Å². The van der Waals surface area contributed by atoms with E-state index in [4.69, 9.17) is 0 Å². The number of para-hydroxylation sites is 1. The minimum Gasteiger partial charge on any atom is -0.423 e. The fraction of sp³-hybridized carbons (Fsp3) is 0.500. The minimum atomic E-state index is -1.42. The summed E-state index contributed by atoms with van der Waals surface area (Å²) in [6.45, 7) is 8.39. The average Bonchev–Trinajstić information content (AvgIpc) is 2.17. The summed E-state index contributed by atoms with van der Waals surface area (Å²) < 4.78 is 0. The second-order valence-electron chi connectivity index (χ2n) is 4.53. The minimum absolute atomic E-state index is 0.319. The molecule has 0 fully saturated rings. The highest BCUT2D eigenvalue weighted by atomic mass is 16.4. The van der Waals surface area contributed by atoms with Gasteiger partial charge < -0.3 is 14.9 Å². The summed E-state index contributed by atoms with van der Waals surface area (Å²) in [4.78, 5) is 2.18. The molecule has 0 aromatic heterocycles. The molecule has 0 bridgehead atoms. The molecule has 88 valence electrons. The number of rotatable bonds is 4. The van der Waals surface area contributed by atoms with Gasteiger partial charge in [0.1, 0.15) is 0 Å². The van der Waals surface area contributed by atoms with E-state index in [2.05, 4.69) is 32.6 Å². The fourth-order valence-corrected chi connectivity index (χ4v) is 2.09. The Morgan fingerprint density at radius 1 is 1.00 bits per heavy atom. The van der Waals surface area contributed by atoms with E-state index in [0.29, 0.717) is 17.5 Å². The van der Waals surface area contributed by atoms with Crippen molar-refractivity contribution in [2.45, 2.75) is 39.8 Å². The first kappa shape index (κ1) is 13.1. The SMILES string of the molecule is CC(C)N(c1ccccc1B(O)O)C(C)C. The van der Waals surface area contributed by atoms with Gasteiger partial charge in [-0.1, -0.05) is 18.2 Å². The predicted octanol–water partition coefficient (Wildman–Crippen LogP) is 0.990. The van der Waals surface area contributed by atoms with Gasteiger partial charge in [0, 0.05) is 23.2 Å². The lowest BCUT2D eigenvalue weighted by Crippen LogP contribution is -2.43. The van der Waals surface area contributed by atoms with E-state index in [-0.39, 0.29) is 0 Å². The highest BCUT2D eigenvalue weighted by Gasteiger charge is 2.22. The summed E-state index contributed by atoms with van der Waals surface area (Å²) in [7, 11) is -1.42. The first-order valence-electron chi connectivity index (χ1n) is 5.68. The Morgan fingerprint density at radius 2 is 1.50 bits per heavy atom. The van der Waals surface area contributed by atoms with Crippen molar-refractivity contribution in [3.8, 4) is 0 Å². The van der Waals surface area contributed by atoms with E-state index in [1.807, 2.05) is 18.2 Å². The van der Waals surface area contributed by atoms with Crippen LogP contribution in [0.15, 0.2) is 24.3 Å². The zero-order chi connectivity index (χ0) is 12.3. The fourth-order valence-electron chi connectivity index (χ4n) is 2.09. The highest BCUT2D eigenvalue weighted by molar-refractivity contribution is 6.60. The normalized spacial score (nSPS) is 11.0. The zero-order valence-corrected chi connectivity index (χ0v) is 10.4. The van der Waals surface area contributed by atoms with E-state index >= 15 is 0 Å². The maximum Gasteiger partial charge on any atom is 0.490 e. The maximum absolute atomic E-state index is 9.35. The van der Waals surface area contributed by atoms with Crippen LogP contribution in [0, 0.1) is 0 Å². The van der Waals surface area contributed by atoms with E-state index in [1.165, 1.54) is 0 Å². The number of anilines is 1. The van der Waals surface area contributed by atoms with Crippen molar-refractivity contribution in [1.82, 2.24) is 0 Å². The van der Waals surface area contributed by atoms with Crippen LogP contribution in [-0.2, 0) is 0 Å². The Hall–Kier alpha value is -0.995. The van der Waals surface area contributed by atoms with E-state index in [9.17, 15) is 10.0 Å². The first-order valence-corrected chi connectivity index (χ1v) is 5.68. The van der Waals surface area contributed by atoms with Gasteiger partial charge in [0.2, 0.25) is 0 Å². The van der Waals surface area contributed by atoms with Gasteiger partial charge >= 0.3 is 7.12 Å². The molecule has 1 rings (SSSR count). The molecule has 0 spiro atoms. The van der Waals surface area contributed by atoms with Crippen molar-refractivity contribution in [2.75, 3.05) is 4.90 Å².